The maximum absolute atomic E-state index is 12.9. The van der Waals surface area contributed by atoms with Gasteiger partial charge in [-0.1, -0.05) is 264 Å². The Morgan fingerprint density at radius 2 is 0.563 bits per heavy atom. The van der Waals surface area contributed by atoms with Crippen molar-refractivity contribution in [1.82, 2.24) is 0 Å². The monoisotopic (exact) mass is 981 g/mol. The number of allylic oxidation sites excluding steroid dienone is 22. The number of hydrogen-bond donors (Lipinski definition) is 0. The second kappa shape index (κ2) is 58.1. The van der Waals surface area contributed by atoms with Crippen molar-refractivity contribution < 1.29 is 28.6 Å². The van der Waals surface area contributed by atoms with Gasteiger partial charge in [0.05, 0.1) is 0 Å². The van der Waals surface area contributed by atoms with Gasteiger partial charge in [0.1, 0.15) is 13.2 Å². The summed E-state index contributed by atoms with van der Waals surface area (Å²) < 4.78 is 16.8. The Morgan fingerprint density at radius 1 is 0.296 bits per heavy atom. The summed E-state index contributed by atoms with van der Waals surface area (Å²) in [5.74, 6) is -0.989. The maximum atomic E-state index is 12.9. The summed E-state index contributed by atoms with van der Waals surface area (Å²) in [4.78, 5) is 38.2. The standard InChI is InChI=1S/C65H104O6/c1-4-7-10-13-16-19-22-25-28-31-34-37-40-43-46-49-52-55-58-64(67)70-61-62(60-69-63(66)57-54-51-48-45-42-39-36-33-30-27-24-21-18-15-12-9-6-3)71-65(68)59-56-53-50-47-44-41-38-35-32-29-26-23-20-17-14-11-8-5-2/h9,12,15-16,18-19,21-22,24-25,27-28,30-31,33-39,42,62H,4-8,10-11,13-14,17,20,23,26,29,32,40-41,43-61H2,1-3H3/b12-9-,18-15-,19-16-,24-21-,25-22-,30-27-,31-28-,36-33+,37-34-,38-35-,42-39-. The van der Waals surface area contributed by atoms with Gasteiger partial charge in [0.2, 0.25) is 0 Å². The van der Waals surface area contributed by atoms with Crippen molar-refractivity contribution in [2.45, 2.75) is 245 Å². The topological polar surface area (TPSA) is 78.9 Å². The highest BCUT2D eigenvalue weighted by molar-refractivity contribution is 5.71. The number of unbranched alkanes of at least 4 members (excludes halogenated alkanes) is 25. The van der Waals surface area contributed by atoms with Gasteiger partial charge in [0.15, 0.2) is 6.10 Å². The van der Waals surface area contributed by atoms with Crippen molar-refractivity contribution in [3.05, 3.63) is 134 Å². The van der Waals surface area contributed by atoms with E-state index >= 15 is 0 Å². The number of carbonyl (C=O) groups is 3. The van der Waals surface area contributed by atoms with Crippen molar-refractivity contribution in [2.75, 3.05) is 13.2 Å². The molecule has 0 rings (SSSR count). The molecular formula is C65H104O6. The molecule has 0 heterocycles. The highest BCUT2D eigenvalue weighted by Gasteiger charge is 2.19. The molecule has 0 aliphatic rings. The molecule has 0 aliphatic carbocycles. The van der Waals surface area contributed by atoms with Crippen LogP contribution in [0.25, 0.3) is 0 Å². The number of ether oxygens (including phenoxy) is 3. The largest absolute Gasteiger partial charge is 0.462 e. The summed E-state index contributed by atoms with van der Waals surface area (Å²) >= 11 is 0. The summed E-state index contributed by atoms with van der Waals surface area (Å²) in [6, 6.07) is 0. The van der Waals surface area contributed by atoms with E-state index in [0.29, 0.717) is 19.3 Å². The highest BCUT2D eigenvalue weighted by atomic mass is 16.6. The molecule has 71 heavy (non-hydrogen) atoms. The fraction of sp³-hybridized carbons (Fsp3) is 0.615. The first-order chi connectivity index (χ1) is 35.0. The summed E-state index contributed by atoms with van der Waals surface area (Å²) in [7, 11) is 0. The molecule has 0 aromatic heterocycles. The smallest absolute Gasteiger partial charge is 0.306 e. The minimum Gasteiger partial charge on any atom is -0.462 e. The number of hydrogen-bond acceptors (Lipinski definition) is 6. The molecule has 0 aromatic carbocycles. The minimum atomic E-state index is -0.817. The van der Waals surface area contributed by atoms with E-state index in [0.717, 1.165) is 109 Å². The van der Waals surface area contributed by atoms with Gasteiger partial charge in [-0.05, 0) is 89.9 Å². The lowest BCUT2D eigenvalue weighted by Crippen LogP contribution is -2.30. The first-order valence-corrected chi connectivity index (χ1v) is 28.8. The maximum Gasteiger partial charge on any atom is 0.306 e. The molecule has 0 aliphatic heterocycles. The zero-order chi connectivity index (χ0) is 51.4. The molecule has 0 bridgehead atoms. The lowest BCUT2D eigenvalue weighted by Gasteiger charge is -2.18. The van der Waals surface area contributed by atoms with Crippen molar-refractivity contribution in [3.8, 4) is 0 Å². The van der Waals surface area contributed by atoms with Crippen LogP contribution in [-0.2, 0) is 28.6 Å². The Bertz CT molecular complexity index is 1550. The van der Waals surface area contributed by atoms with Crippen molar-refractivity contribution >= 4 is 17.9 Å². The molecule has 0 saturated heterocycles. The molecule has 6 nitrogen and oxygen atoms in total. The van der Waals surface area contributed by atoms with Crippen LogP contribution in [0, 0.1) is 0 Å². The fourth-order valence-corrected chi connectivity index (χ4v) is 7.54. The van der Waals surface area contributed by atoms with Gasteiger partial charge in [-0.15, -0.1) is 0 Å². The number of esters is 3. The van der Waals surface area contributed by atoms with Crippen LogP contribution in [0.1, 0.15) is 239 Å². The Hall–Kier alpha value is -4.45. The van der Waals surface area contributed by atoms with E-state index in [9.17, 15) is 14.4 Å². The van der Waals surface area contributed by atoms with Gasteiger partial charge >= 0.3 is 17.9 Å². The Kier molecular flexibility index (Phi) is 54.5. The van der Waals surface area contributed by atoms with Crippen LogP contribution in [0.2, 0.25) is 0 Å². The molecule has 0 fully saturated rings. The van der Waals surface area contributed by atoms with Crippen LogP contribution in [0.15, 0.2) is 134 Å². The van der Waals surface area contributed by atoms with Crippen molar-refractivity contribution in [3.63, 3.8) is 0 Å². The first-order valence-electron chi connectivity index (χ1n) is 28.8. The first kappa shape index (κ1) is 66.6. The second-order valence-electron chi connectivity index (χ2n) is 18.7. The highest BCUT2D eigenvalue weighted by Crippen LogP contribution is 2.14. The third-order valence-corrected chi connectivity index (χ3v) is 11.9. The summed E-state index contributed by atoms with van der Waals surface area (Å²) in [6.45, 7) is 6.39. The zero-order valence-corrected chi connectivity index (χ0v) is 45.7. The molecule has 6 heteroatoms. The van der Waals surface area contributed by atoms with Crippen LogP contribution in [0.3, 0.4) is 0 Å². The van der Waals surface area contributed by atoms with Gasteiger partial charge < -0.3 is 14.2 Å². The van der Waals surface area contributed by atoms with Gasteiger partial charge in [-0.2, -0.15) is 0 Å². The summed E-state index contributed by atoms with van der Waals surface area (Å²) in [5.41, 5.74) is 0. The second-order valence-corrected chi connectivity index (χ2v) is 18.7. The van der Waals surface area contributed by atoms with Gasteiger partial charge in [0.25, 0.3) is 0 Å². The Balaban J connectivity index is 4.56. The van der Waals surface area contributed by atoms with Gasteiger partial charge in [0, 0.05) is 19.3 Å². The average Bonchev–Trinajstić information content (AvgIpc) is 3.37. The SMILES string of the molecule is CC\C=C/C=C\C=C/C=C\C=C\C=C/CCCCCC(=O)OCC(COC(=O)CCCCCCC\C=C/C=C\C=C/C=C\CCCCC)OC(=O)CCCCCCC/C=C\CCCCCCCCCCC. The molecule has 0 spiro atoms. The van der Waals surface area contributed by atoms with Crippen LogP contribution in [0.4, 0.5) is 0 Å². The third-order valence-electron chi connectivity index (χ3n) is 11.9. The molecule has 0 aromatic rings. The lowest BCUT2D eigenvalue weighted by molar-refractivity contribution is -0.167. The van der Waals surface area contributed by atoms with E-state index in [4.69, 9.17) is 14.2 Å². The summed E-state index contributed by atoms with van der Waals surface area (Å²) in [6.07, 6.45) is 81.4. The van der Waals surface area contributed by atoms with Gasteiger partial charge in [-0.25, -0.2) is 0 Å². The van der Waals surface area contributed by atoms with Crippen LogP contribution in [0.5, 0.6) is 0 Å². The third kappa shape index (κ3) is 56.3. The molecule has 400 valence electrons. The Labute approximate surface area is 436 Å². The molecule has 0 saturated carbocycles. The molecule has 0 amide bonds. The quantitative estimate of drug-likeness (QED) is 0.0199. The predicted molar refractivity (Wildman–Crippen MR) is 306 cm³/mol. The lowest BCUT2D eigenvalue weighted by atomic mass is 10.1. The van der Waals surface area contributed by atoms with Crippen LogP contribution in [-0.4, -0.2) is 37.2 Å². The molecule has 0 N–H and O–H groups in total. The zero-order valence-electron chi connectivity index (χ0n) is 45.7. The van der Waals surface area contributed by atoms with E-state index < -0.39 is 6.10 Å². The summed E-state index contributed by atoms with van der Waals surface area (Å²) in [5, 5.41) is 0. The van der Waals surface area contributed by atoms with E-state index in [2.05, 4.69) is 93.7 Å². The average molecular weight is 982 g/mol. The van der Waals surface area contributed by atoms with E-state index in [1.165, 1.54) is 89.9 Å². The molecule has 1 unspecified atom stereocenters. The van der Waals surface area contributed by atoms with Crippen molar-refractivity contribution in [1.29, 1.82) is 0 Å². The number of rotatable bonds is 50. The normalized spacial score (nSPS) is 13.1. The Morgan fingerprint density at radius 3 is 0.944 bits per heavy atom. The predicted octanol–water partition coefficient (Wildman–Crippen LogP) is 19.4. The van der Waals surface area contributed by atoms with E-state index in [-0.39, 0.29) is 31.1 Å². The van der Waals surface area contributed by atoms with Crippen molar-refractivity contribution in [2.24, 2.45) is 0 Å². The number of carbonyl (C=O) groups excluding carboxylic acids is 3. The van der Waals surface area contributed by atoms with E-state index in [1.807, 2.05) is 60.8 Å². The van der Waals surface area contributed by atoms with Gasteiger partial charge in [-0.3, -0.25) is 14.4 Å². The fourth-order valence-electron chi connectivity index (χ4n) is 7.54. The molecular weight excluding hydrogens is 877 g/mol. The minimum absolute atomic E-state index is 0.113. The van der Waals surface area contributed by atoms with Crippen LogP contribution < -0.4 is 0 Å². The molecule has 1 atom stereocenters. The van der Waals surface area contributed by atoms with E-state index in [1.54, 1.807) is 0 Å². The molecule has 0 radical (unpaired) electrons. The van der Waals surface area contributed by atoms with Crippen LogP contribution >= 0.6 is 0 Å².